The minimum Gasteiger partial charge on any atom is -0.383 e. The van der Waals surface area contributed by atoms with E-state index in [0.717, 1.165) is 12.8 Å². The number of carbonyl (C=O) groups excluding carboxylic acids is 1. The van der Waals surface area contributed by atoms with Crippen LogP contribution in [-0.2, 0) is 6.42 Å². The van der Waals surface area contributed by atoms with Gasteiger partial charge in [-0.15, -0.1) is 0 Å². The second kappa shape index (κ2) is 8.82. The van der Waals surface area contributed by atoms with Crippen LogP contribution in [-0.4, -0.2) is 17.9 Å². The number of nitrogens with zero attached hydrogens (tertiary/aromatic N) is 1. The maximum absolute atomic E-state index is 12.3. The molecule has 132 valence electrons. The van der Waals surface area contributed by atoms with E-state index in [-0.39, 0.29) is 11.6 Å². The van der Waals surface area contributed by atoms with Gasteiger partial charge in [0.05, 0.1) is 4.92 Å². The van der Waals surface area contributed by atoms with Gasteiger partial charge in [0.15, 0.2) is 0 Å². The maximum Gasteiger partial charge on any atom is 0.292 e. The monoisotopic (exact) mass is 341 g/mol. The Hall–Kier alpha value is -2.89. The van der Waals surface area contributed by atoms with Crippen molar-refractivity contribution in [1.29, 1.82) is 0 Å². The van der Waals surface area contributed by atoms with Gasteiger partial charge in [-0.05, 0) is 42.7 Å². The summed E-state index contributed by atoms with van der Waals surface area (Å²) >= 11 is 0. The first kappa shape index (κ1) is 18.4. The van der Waals surface area contributed by atoms with Crippen LogP contribution in [0.4, 0.5) is 17.1 Å². The first-order valence-electron chi connectivity index (χ1n) is 8.41. The molecule has 0 spiro atoms. The molecule has 2 rings (SSSR count). The molecule has 6 nitrogen and oxygen atoms in total. The number of hydrogen-bond acceptors (Lipinski definition) is 4. The summed E-state index contributed by atoms with van der Waals surface area (Å²) < 4.78 is 0. The van der Waals surface area contributed by atoms with Crippen molar-refractivity contribution in [2.75, 3.05) is 17.7 Å². The van der Waals surface area contributed by atoms with Gasteiger partial charge >= 0.3 is 0 Å². The summed E-state index contributed by atoms with van der Waals surface area (Å²) in [4.78, 5) is 22.8. The minimum absolute atomic E-state index is 0.0306. The zero-order valence-electron chi connectivity index (χ0n) is 14.5. The van der Waals surface area contributed by atoms with Crippen molar-refractivity contribution in [3.8, 4) is 0 Å². The summed E-state index contributed by atoms with van der Waals surface area (Å²) in [6.07, 6.45) is 4.56. The van der Waals surface area contributed by atoms with Gasteiger partial charge < -0.3 is 10.6 Å². The van der Waals surface area contributed by atoms with Crippen LogP contribution in [0.5, 0.6) is 0 Å². The number of anilines is 2. The zero-order chi connectivity index (χ0) is 18.2. The quantitative estimate of drug-likeness (QED) is 0.417. The fraction of sp³-hybridized carbons (Fsp3) is 0.316. The highest BCUT2D eigenvalue weighted by Crippen LogP contribution is 2.27. The summed E-state index contributed by atoms with van der Waals surface area (Å²) in [7, 11) is 1.60. The third-order valence-corrected chi connectivity index (χ3v) is 4.01. The van der Waals surface area contributed by atoms with Crippen LogP contribution in [0.3, 0.4) is 0 Å². The van der Waals surface area contributed by atoms with Crippen LogP contribution in [0.1, 0.15) is 42.1 Å². The molecule has 0 heterocycles. The number of unbranched alkanes of at least 4 members (excludes halogenated alkanes) is 2. The fourth-order valence-electron chi connectivity index (χ4n) is 2.58. The van der Waals surface area contributed by atoms with Crippen LogP contribution in [0.15, 0.2) is 42.5 Å². The molecule has 0 aromatic heterocycles. The largest absolute Gasteiger partial charge is 0.383 e. The molecule has 2 aromatic carbocycles. The summed E-state index contributed by atoms with van der Waals surface area (Å²) in [5, 5.41) is 16.5. The van der Waals surface area contributed by atoms with Gasteiger partial charge in [-0.1, -0.05) is 31.9 Å². The molecule has 2 aromatic rings. The number of amides is 1. The Morgan fingerprint density at radius 2 is 1.84 bits per heavy atom. The SMILES string of the molecule is CCCCCc1ccc(C(=O)Nc2ccc([N+](=O)[O-])c(NC)c2)cc1. The maximum atomic E-state index is 12.3. The Bertz CT molecular complexity index is 742. The fourth-order valence-corrected chi connectivity index (χ4v) is 2.58. The van der Waals surface area contributed by atoms with Gasteiger partial charge in [0.1, 0.15) is 5.69 Å². The summed E-state index contributed by atoms with van der Waals surface area (Å²) in [6.45, 7) is 2.17. The van der Waals surface area contributed by atoms with Crippen molar-refractivity contribution < 1.29 is 9.72 Å². The van der Waals surface area contributed by atoms with Gasteiger partial charge in [-0.25, -0.2) is 0 Å². The number of rotatable bonds is 8. The lowest BCUT2D eigenvalue weighted by molar-refractivity contribution is -0.383. The van der Waals surface area contributed by atoms with Gasteiger partial charge in [0.25, 0.3) is 11.6 Å². The van der Waals surface area contributed by atoms with Gasteiger partial charge in [0, 0.05) is 24.4 Å². The van der Waals surface area contributed by atoms with Crippen molar-refractivity contribution in [2.45, 2.75) is 32.6 Å². The predicted octanol–water partition coefficient (Wildman–Crippen LogP) is 4.62. The number of benzene rings is 2. The van der Waals surface area contributed by atoms with Crippen molar-refractivity contribution in [1.82, 2.24) is 0 Å². The lowest BCUT2D eigenvalue weighted by Gasteiger charge is -2.09. The second-order valence-electron chi connectivity index (χ2n) is 5.85. The molecule has 0 radical (unpaired) electrons. The Morgan fingerprint density at radius 1 is 1.12 bits per heavy atom. The minimum atomic E-state index is -0.464. The van der Waals surface area contributed by atoms with Crippen molar-refractivity contribution in [3.05, 3.63) is 63.7 Å². The normalized spacial score (nSPS) is 10.3. The number of nitro groups is 1. The molecule has 0 aliphatic heterocycles. The number of nitrogens with one attached hydrogen (secondary N) is 2. The summed E-state index contributed by atoms with van der Waals surface area (Å²) in [5.41, 5.74) is 2.61. The molecule has 2 N–H and O–H groups in total. The molecule has 0 saturated carbocycles. The van der Waals surface area contributed by atoms with Gasteiger partial charge in [0.2, 0.25) is 0 Å². The third-order valence-electron chi connectivity index (χ3n) is 4.01. The van der Waals surface area contributed by atoms with Gasteiger partial charge in [-0.2, -0.15) is 0 Å². The second-order valence-corrected chi connectivity index (χ2v) is 5.85. The van der Waals surface area contributed by atoms with Crippen LogP contribution in [0, 0.1) is 10.1 Å². The van der Waals surface area contributed by atoms with E-state index >= 15 is 0 Å². The van der Waals surface area contributed by atoms with E-state index in [0.29, 0.717) is 16.9 Å². The van der Waals surface area contributed by atoms with E-state index in [1.54, 1.807) is 25.2 Å². The standard InChI is InChI=1S/C19H23N3O3/c1-3-4-5-6-14-7-9-15(10-8-14)19(23)21-16-11-12-18(22(24)25)17(13-16)20-2/h7-13,20H,3-6H2,1-2H3,(H,21,23). The van der Waals surface area contributed by atoms with Crippen molar-refractivity contribution >= 4 is 23.0 Å². The van der Waals surface area contributed by atoms with E-state index < -0.39 is 4.92 Å². The number of aryl methyl sites for hydroxylation is 1. The number of carbonyl (C=O) groups is 1. The molecule has 1 amide bonds. The average Bonchev–Trinajstić information content (AvgIpc) is 2.62. The van der Waals surface area contributed by atoms with Crippen LogP contribution in [0.2, 0.25) is 0 Å². The molecule has 0 saturated heterocycles. The Kier molecular flexibility index (Phi) is 6.51. The molecular weight excluding hydrogens is 318 g/mol. The molecule has 0 bridgehead atoms. The van der Waals surface area contributed by atoms with Gasteiger partial charge in [-0.3, -0.25) is 14.9 Å². The van der Waals surface area contributed by atoms with E-state index in [4.69, 9.17) is 0 Å². The highest BCUT2D eigenvalue weighted by molar-refractivity contribution is 6.04. The third kappa shape index (κ3) is 5.04. The highest BCUT2D eigenvalue weighted by atomic mass is 16.6. The predicted molar refractivity (Wildman–Crippen MR) is 100 cm³/mol. The number of nitro benzene ring substituents is 1. The topological polar surface area (TPSA) is 84.3 Å². The van der Waals surface area contributed by atoms with Crippen LogP contribution < -0.4 is 10.6 Å². The smallest absolute Gasteiger partial charge is 0.292 e. The average molecular weight is 341 g/mol. The Labute approximate surface area is 147 Å². The molecular formula is C19H23N3O3. The molecule has 0 unspecified atom stereocenters. The molecule has 0 aliphatic rings. The Morgan fingerprint density at radius 3 is 2.44 bits per heavy atom. The molecule has 0 aliphatic carbocycles. The van der Waals surface area contributed by atoms with E-state index in [1.165, 1.54) is 30.5 Å². The number of hydrogen-bond donors (Lipinski definition) is 2. The summed E-state index contributed by atoms with van der Waals surface area (Å²) in [5.74, 6) is -0.240. The first-order chi connectivity index (χ1) is 12.0. The van der Waals surface area contributed by atoms with Crippen LogP contribution in [0.25, 0.3) is 0 Å². The first-order valence-corrected chi connectivity index (χ1v) is 8.41. The Balaban J connectivity index is 2.05. The van der Waals surface area contributed by atoms with E-state index in [2.05, 4.69) is 17.6 Å². The lowest BCUT2D eigenvalue weighted by atomic mass is 10.1. The lowest BCUT2D eigenvalue weighted by Crippen LogP contribution is -2.12. The van der Waals surface area contributed by atoms with Crippen molar-refractivity contribution in [2.24, 2.45) is 0 Å². The molecule has 6 heteroatoms. The van der Waals surface area contributed by atoms with E-state index in [1.807, 2.05) is 12.1 Å². The molecule has 0 atom stereocenters. The summed E-state index contributed by atoms with van der Waals surface area (Å²) in [6, 6.07) is 12.0. The molecule has 0 fully saturated rings. The van der Waals surface area contributed by atoms with Crippen molar-refractivity contribution in [3.63, 3.8) is 0 Å². The zero-order valence-corrected chi connectivity index (χ0v) is 14.5. The highest BCUT2D eigenvalue weighted by Gasteiger charge is 2.14. The van der Waals surface area contributed by atoms with E-state index in [9.17, 15) is 14.9 Å². The van der Waals surface area contributed by atoms with Crippen LogP contribution >= 0.6 is 0 Å². The molecule has 25 heavy (non-hydrogen) atoms.